The maximum atomic E-state index is 13.2. The topological polar surface area (TPSA) is 59.8 Å². The van der Waals surface area contributed by atoms with Crippen LogP contribution in [0, 0.1) is 27.7 Å². The summed E-state index contributed by atoms with van der Waals surface area (Å²) in [6.45, 7) is 8.65. The third-order valence-electron chi connectivity index (χ3n) is 5.86. The molecule has 0 radical (unpaired) electrons. The monoisotopic (exact) mass is 398 g/mol. The van der Waals surface area contributed by atoms with Crippen LogP contribution in [0.3, 0.4) is 0 Å². The molecule has 0 spiro atoms. The smallest absolute Gasteiger partial charge is 0.252 e. The molecule has 0 aliphatic heterocycles. The summed E-state index contributed by atoms with van der Waals surface area (Å²) < 4.78 is 1.81. The highest BCUT2D eigenvalue weighted by Gasteiger charge is 2.16. The van der Waals surface area contributed by atoms with Crippen LogP contribution in [0.25, 0.3) is 22.2 Å². The van der Waals surface area contributed by atoms with Crippen molar-refractivity contribution in [3.63, 3.8) is 0 Å². The highest BCUT2D eigenvalue weighted by molar-refractivity contribution is 6.07. The lowest BCUT2D eigenvalue weighted by molar-refractivity contribution is 0.0952. The van der Waals surface area contributed by atoms with Crippen LogP contribution in [-0.2, 0) is 13.6 Å². The van der Waals surface area contributed by atoms with E-state index in [1.54, 1.807) is 6.20 Å². The summed E-state index contributed by atoms with van der Waals surface area (Å²) in [5.74, 6) is -0.110. The molecule has 0 atom stereocenters. The van der Waals surface area contributed by atoms with E-state index >= 15 is 0 Å². The van der Waals surface area contributed by atoms with Gasteiger partial charge in [-0.25, -0.2) is 4.98 Å². The Bertz CT molecular complexity index is 1270. The molecule has 0 unspecified atom stereocenters. The van der Waals surface area contributed by atoms with Crippen LogP contribution in [0.1, 0.15) is 38.3 Å². The van der Waals surface area contributed by atoms with Crippen LogP contribution in [0.5, 0.6) is 0 Å². The Balaban J connectivity index is 1.77. The van der Waals surface area contributed by atoms with Crippen LogP contribution < -0.4 is 5.32 Å². The fraction of sp³-hybridized carbons (Fsp3) is 0.240. The van der Waals surface area contributed by atoms with Crippen molar-refractivity contribution in [2.45, 2.75) is 34.2 Å². The van der Waals surface area contributed by atoms with Crippen molar-refractivity contribution in [3.05, 3.63) is 82.2 Å². The fourth-order valence-corrected chi connectivity index (χ4v) is 3.62. The van der Waals surface area contributed by atoms with Gasteiger partial charge in [-0.2, -0.15) is 5.10 Å². The number of amides is 1. The van der Waals surface area contributed by atoms with Gasteiger partial charge in [-0.1, -0.05) is 30.3 Å². The fourth-order valence-electron chi connectivity index (χ4n) is 3.62. The van der Waals surface area contributed by atoms with E-state index in [4.69, 9.17) is 4.98 Å². The molecule has 0 saturated heterocycles. The Morgan fingerprint density at radius 1 is 1.00 bits per heavy atom. The molecule has 152 valence electrons. The Morgan fingerprint density at radius 3 is 2.50 bits per heavy atom. The molecule has 0 fully saturated rings. The van der Waals surface area contributed by atoms with Crippen molar-refractivity contribution in [3.8, 4) is 11.3 Å². The van der Waals surface area contributed by atoms with E-state index in [9.17, 15) is 4.79 Å². The molecule has 4 rings (SSSR count). The molecule has 30 heavy (non-hydrogen) atoms. The normalized spacial score (nSPS) is 11.1. The first kappa shape index (κ1) is 19.8. The van der Waals surface area contributed by atoms with E-state index in [1.165, 1.54) is 11.1 Å². The highest BCUT2D eigenvalue weighted by atomic mass is 16.1. The molecule has 0 aliphatic carbocycles. The van der Waals surface area contributed by atoms with Crippen molar-refractivity contribution in [1.82, 2.24) is 20.1 Å². The summed E-state index contributed by atoms with van der Waals surface area (Å²) in [5.41, 5.74) is 8.86. The first-order chi connectivity index (χ1) is 14.3. The number of hydrogen-bond donors (Lipinski definition) is 1. The predicted octanol–water partition coefficient (Wildman–Crippen LogP) is 4.80. The second-order valence-corrected chi connectivity index (χ2v) is 7.89. The van der Waals surface area contributed by atoms with Gasteiger partial charge in [-0.15, -0.1) is 0 Å². The molecule has 2 aromatic carbocycles. The van der Waals surface area contributed by atoms with Gasteiger partial charge in [-0.3, -0.25) is 9.48 Å². The zero-order valence-electron chi connectivity index (χ0n) is 18.1. The van der Waals surface area contributed by atoms with Gasteiger partial charge in [0, 0.05) is 35.8 Å². The highest BCUT2D eigenvalue weighted by Crippen LogP contribution is 2.28. The number of nitrogens with one attached hydrogen (secondary N) is 1. The SMILES string of the molecule is Cc1ccc(-c2cc(C(=O)NCc3cnn(C)c3C)c3cccc(C)c3n2)cc1C. The van der Waals surface area contributed by atoms with Crippen molar-refractivity contribution in [2.75, 3.05) is 0 Å². The second-order valence-electron chi connectivity index (χ2n) is 7.89. The van der Waals surface area contributed by atoms with Crippen LogP contribution >= 0.6 is 0 Å². The minimum atomic E-state index is -0.110. The Morgan fingerprint density at radius 2 is 1.80 bits per heavy atom. The molecule has 1 N–H and O–H groups in total. The number of aryl methyl sites for hydroxylation is 4. The zero-order valence-corrected chi connectivity index (χ0v) is 18.1. The molecular weight excluding hydrogens is 372 g/mol. The number of para-hydroxylation sites is 1. The largest absolute Gasteiger partial charge is 0.348 e. The van der Waals surface area contributed by atoms with Crippen LogP contribution in [0.15, 0.2) is 48.7 Å². The van der Waals surface area contributed by atoms with Gasteiger partial charge >= 0.3 is 0 Å². The lowest BCUT2D eigenvalue weighted by atomic mass is 9.99. The standard InChI is InChI=1S/C25H26N4O/c1-15-9-10-19(11-17(15)3)23-12-22(21-8-6-7-16(2)24(21)28-23)25(30)26-13-20-14-27-29(5)18(20)4/h6-12,14H,13H2,1-5H3,(H,26,30). The molecule has 5 nitrogen and oxygen atoms in total. The van der Waals surface area contributed by atoms with Crippen molar-refractivity contribution in [2.24, 2.45) is 7.05 Å². The number of carbonyl (C=O) groups excluding carboxylic acids is 1. The minimum Gasteiger partial charge on any atom is -0.348 e. The van der Waals surface area contributed by atoms with E-state index in [-0.39, 0.29) is 5.91 Å². The van der Waals surface area contributed by atoms with E-state index < -0.39 is 0 Å². The molecule has 4 aromatic rings. The van der Waals surface area contributed by atoms with Crippen molar-refractivity contribution < 1.29 is 4.79 Å². The van der Waals surface area contributed by atoms with Crippen molar-refractivity contribution in [1.29, 1.82) is 0 Å². The van der Waals surface area contributed by atoms with Gasteiger partial charge in [0.05, 0.1) is 23.0 Å². The zero-order chi connectivity index (χ0) is 21.4. The lowest BCUT2D eigenvalue weighted by Crippen LogP contribution is -2.23. The number of pyridine rings is 1. The summed E-state index contributed by atoms with van der Waals surface area (Å²) in [4.78, 5) is 18.1. The number of benzene rings is 2. The van der Waals surface area contributed by atoms with Crippen LogP contribution in [0.4, 0.5) is 0 Å². The summed E-state index contributed by atoms with van der Waals surface area (Å²) in [6, 6.07) is 14.1. The summed E-state index contributed by atoms with van der Waals surface area (Å²) in [5, 5.41) is 8.18. The van der Waals surface area contributed by atoms with Crippen LogP contribution in [-0.4, -0.2) is 20.7 Å². The molecule has 2 aromatic heterocycles. The average molecular weight is 399 g/mol. The second kappa shape index (κ2) is 7.75. The Kier molecular flexibility index (Phi) is 5.12. The minimum absolute atomic E-state index is 0.110. The average Bonchev–Trinajstić information content (AvgIpc) is 3.06. The first-order valence-electron chi connectivity index (χ1n) is 10.1. The predicted molar refractivity (Wildman–Crippen MR) is 121 cm³/mol. The molecule has 0 bridgehead atoms. The van der Waals surface area contributed by atoms with Crippen LogP contribution in [0.2, 0.25) is 0 Å². The molecule has 0 aliphatic rings. The first-order valence-corrected chi connectivity index (χ1v) is 10.1. The Labute approximate surface area is 176 Å². The molecule has 2 heterocycles. The lowest BCUT2D eigenvalue weighted by Gasteiger charge is -2.13. The van der Waals surface area contributed by atoms with Gasteiger partial charge in [-0.05, 0) is 56.5 Å². The number of nitrogens with zero attached hydrogens (tertiary/aromatic N) is 3. The van der Waals surface area contributed by atoms with Gasteiger partial charge in [0.15, 0.2) is 0 Å². The number of aromatic nitrogens is 3. The third-order valence-corrected chi connectivity index (χ3v) is 5.86. The number of fused-ring (bicyclic) bond motifs is 1. The van der Waals surface area contributed by atoms with E-state index in [0.29, 0.717) is 12.1 Å². The molecule has 5 heteroatoms. The summed E-state index contributed by atoms with van der Waals surface area (Å²) in [7, 11) is 1.90. The number of hydrogen-bond acceptors (Lipinski definition) is 3. The number of rotatable bonds is 4. The van der Waals surface area contributed by atoms with E-state index in [2.05, 4.69) is 42.5 Å². The van der Waals surface area contributed by atoms with E-state index in [0.717, 1.165) is 39.0 Å². The van der Waals surface area contributed by atoms with Crippen molar-refractivity contribution >= 4 is 16.8 Å². The van der Waals surface area contributed by atoms with Gasteiger partial charge in [0.1, 0.15) is 0 Å². The molecule has 0 saturated carbocycles. The van der Waals surface area contributed by atoms with E-state index in [1.807, 2.05) is 49.8 Å². The number of carbonyl (C=O) groups is 1. The third kappa shape index (κ3) is 3.59. The van der Waals surface area contributed by atoms with Gasteiger partial charge in [0.25, 0.3) is 5.91 Å². The summed E-state index contributed by atoms with van der Waals surface area (Å²) >= 11 is 0. The van der Waals surface area contributed by atoms with Gasteiger partial charge < -0.3 is 5.32 Å². The summed E-state index contributed by atoms with van der Waals surface area (Å²) in [6.07, 6.45) is 1.80. The quantitative estimate of drug-likeness (QED) is 0.537. The van der Waals surface area contributed by atoms with Gasteiger partial charge in [0.2, 0.25) is 0 Å². The Hall–Kier alpha value is -3.47. The molecule has 1 amide bonds. The molecular formula is C25H26N4O. The maximum absolute atomic E-state index is 13.2. The maximum Gasteiger partial charge on any atom is 0.252 e.